The Hall–Kier alpha value is -0.880. The summed E-state index contributed by atoms with van der Waals surface area (Å²) in [7, 11) is 1.79. The van der Waals surface area contributed by atoms with Crippen LogP contribution in [0, 0.1) is 0 Å². The van der Waals surface area contributed by atoms with Crippen molar-refractivity contribution >= 4 is 27.7 Å². The Labute approximate surface area is 103 Å². The van der Waals surface area contributed by atoms with E-state index in [1.165, 1.54) is 12.8 Å². The van der Waals surface area contributed by atoms with Crippen molar-refractivity contribution in [1.82, 2.24) is 9.97 Å². The number of aliphatic hydroxyl groups excluding tert-OH is 1. The molecule has 1 heterocycles. The molecular weight excluding hydrogens is 272 g/mol. The molecule has 1 aliphatic carbocycles. The van der Waals surface area contributed by atoms with E-state index >= 15 is 0 Å². The Balaban J connectivity index is 2.27. The van der Waals surface area contributed by atoms with Crippen molar-refractivity contribution in [3.8, 4) is 0 Å². The van der Waals surface area contributed by atoms with Crippen molar-refractivity contribution in [2.24, 2.45) is 0 Å². The van der Waals surface area contributed by atoms with E-state index in [0.717, 1.165) is 10.3 Å². The Bertz CT molecular complexity index is 370. The monoisotopic (exact) mass is 286 g/mol. The highest BCUT2D eigenvalue weighted by Gasteiger charge is 2.30. The summed E-state index contributed by atoms with van der Waals surface area (Å²) in [6.07, 6.45) is 4.08. The van der Waals surface area contributed by atoms with E-state index < -0.39 is 0 Å². The van der Waals surface area contributed by atoms with Crippen LogP contribution < -0.4 is 10.2 Å². The van der Waals surface area contributed by atoms with E-state index in [4.69, 9.17) is 5.11 Å². The van der Waals surface area contributed by atoms with Gasteiger partial charge in [0.2, 0.25) is 5.95 Å². The van der Waals surface area contributed by atoms with Gasteiger partial charge in [0.05, 0.1) is 11.1 Å². The van der Waals surface area contributed by atoms with Gasteiger partial charge in [-0.15, -0.1) is 0 Å². The minimum atomic E-state index is 0.141. The highest BCUT2D eigenvalue weighted by Crippen LogP contribution is 2.34. The highest BCUT2D eigenvalue weighted by atomic mass is 79.9. The van der Waals surface area contributed by atoms with Crippen LogP contribution in [0.5, 0.6) is 0 Å². The molecule has 1 aromatic heterocycles. The van der Waals surface area contributed by atoms with Crippen LogP contribution in [0.25, 0.3) is 0 Å². The molecule has 0 spiro atoms. The van der Waals surface area contributed by atoms with Crippen LogP contribution in [-0.2, 0) is 0 Å². The molecule has 1 saturated carbocycles. The minimum Gasteiger partial charge on any atom is -0.395 e. The van der Waals surface area contributed by atoms with Gasteiger partial charge in [-0.1, -0.05) is 0 Å². The molecular formula is C10H15BrN4O. The number of anilines is 2. The lowest BCUT2D eigenvalue weighted by Gasteiger charge is -2.23. The molecule has 0 amide bonds. The lowest BCUT2D eigenvalue weighted by atomic mass is 10.4. The minimum absolute atomic E-state index is 0.141. The maximum atomic E-state index is 9.08. The predicted octanol–water partition coefficient (Wildman–Crippen LogP) is 1.24. The van der Waals surface area contributed by atoms with Gasteiger partial charge in [-0.25, -0.2) is 4.98 Å². The lowest BCUT2D eigenvalue weighted by molar-refractivity contribution is 0.301. The number of hydrogen-bond donors (Lipinski definition) is 2. The Morgan fingerprint density at radius 1 is 1.62 bits per heavy atom. The summed E-state index contributed by atoms with van der Waals surface area (Å²) in [4.78, 5) is 10.7. The number of nitrogens with one attached hydrogen (secondary N) is 1. The first-order valence-corrected chi connectivity index (χ1v) is 6.13. The number of aliphatic hydroxyl groups is 1. The topological polar surface area (TPSA) is 61.3 Å². The summed E-state index contributed by atoms with van der Waals surface area (Å²) in [6.45, 7) is 0.755. The molecule has 0 saturated heterocycles. The molecule has 1 fully saturated rings. The van der Waals surface area contributed by atoms with E-state index in [2.05, 4.69) is 36.1 Å². The summed E-state index contributed by atoms with van der Waals surface area (Å²) in [6, 6.07) is 0.517. The SMILES string of the molecule is CNc1ncc(Br)c(N(CCO)C2CC2)n1. The van der Waals surface area contributed by atoms with Crippen molar-refractivity contribution in [3.63, 3.8) is 0 Å². The summed E-state index contributed by atoms with van der Waals surface area (Å²) >= 11 is 3.45. The van der Waals surface area contributed by atoms with Gasteiger partial charge in [0.1, 0.15) is 5.82 Å². The summed E-state index contributed by atoms with van der Waals surface area (Å²) in [5.74, 6) is 1.46. The molecule has 2 rings (SSSR count). The molecule has 0 radical (unpaired) electrons. The number of aromatic nitrogens is 2. The van der Waals surface area contributed by atoms with Gasteiger partial charge < -0.3 is 15.3 Å². The molecule has 0 aromatic carbocycles. The van der Waals surface area contributed by atoms with Gasteiger partial charge in [0.25, 0.3) is 0 Å². The van der Waals surface area contributed by atoms with Crippen molar-refractivity contribution in [2.45, 2.75) is 18.9 Å². The van der Waals surface area contributed by atoms with Gasteiger partial charge in [0, 0.05) is 25.8 Å². The van der Waals surface area contributed by atoms with Gasteiger partial charge in [-0.2, -0.15) is 4.98 Å². The van der Waals surface area contributed by atoms with Crippen LogP contribution in [0.3, 0.4) is 0 Å². The zero-order chi connectivity index (χ0) is 11.5. The molecule has 16 heavy (non-hydrogen) atoms. The average Bonchev–Trinajstić information content (AvgIpc) is 3.11. The second-order valence-electron chi connectivity index (χ2n) is 3.76. The molecule has 88 valence electrons. The normalized spacial score (nSPS) is 14.9. The molecule has 1 aliphatic rings. The van der Waals surface area contributed by atoms with E-state index in [9.17, 15) is 0 Å². The first-order valence-electron chi connectivity index (χ1n) is 5.34. The van der Waals surface area contributed by atoms with Crippen LogP contribution in [0.15, 0.2) is 10.7 Å². The fourth-order valence-corrected chi connectivity index (χ4v) is 2.05. The maximum absolute atomic E-state index is 9.08. The molecule has 0 bridgehead atoms. The zero-order valence-electron chi connectivity index (χ0n) is 9.15. The summed E-state index contributed by atoms with van der Waals surface area (Å²) in [5, 5.41) is 12.0. The van der Waals surface area contributed by atoms with Crippen molar-refractivity contribution in [1.29, 1.82) is 0 Å². The second-order valence-corrected chi connectivity index (χ2v) is 4.62. The number of nitrogens with zero attached hydrogens (tertiary/aromatic N) is 3. The third-order valence-electron chi connectivity index (χ3n) is 2.55. The number of rotatable bonds is 5. The zero-order valence-corrected chi connectivity index (χ0v) is 10.7. The van der Waals surface area contributed by atoms with Crippen LogP contribution in [0.1, 0.15) is 12.8 Å². The van der Waals surface area contributed by atoms with E-state index in [-0.39, 0.29) is 6.61 Å². The van der Waals surface area contributed by atoms with Crippen molar-refractivity contribution in [2.75, 3.05) is 30.4 Å². The molecule has 0 unspecified atom stereocenters. The Morgan fingerprint density at radius 3 is 2.94 bits per heavy atom. The van der Waals surface area contributed by atoms with Crippen LogP contribution in [0.2, 0.25) is 0 Å². The highest BCUT2D eigenvalue weighted by molar-refractivity contribution is 9.10. The fourth-order valence-electron chi connectivity index (χ4n) is 1.64. The first kappa shape index (κ1) is 11.6. The van der Waals surface area contributed by atoms with Gasteiger partial charge >= 0.3 is 0 Å². The third kappa shape index (κ3) is 2.44. The largest absolute Gasteiger partial charge is 0.395 e. The predicted molar refractivity (Wildman–Crippen MR) is 66.7 cm³/mol. The maximum Gasteiger partial charge on any atom is 0.224 e. The molecule has 0 aliphatic heterocycles. The molecule has 6 heteroatoms. The van der Waals surface area contributed by atoms with Crippen LogP contribution in [0.4, 0.5) is 11.8 Å². The Kier molecular flexibility index (Phi) is 3.60. The van der Waals surface area contributed by atoms with E-state index in [1.54, 1.807) is 13.2 Å². The lowest BCUT2D eigenvalue weighted by Crippen LogP contribution is -2.30. The van der Waals surface area contributed by atoms with Gasteiger partial charge in [0.15, 0.2) is 0 Å². The quantitative estimate of drug-likeness (QED) is 0.853. The Morgan fingerprint density at radius 2 is 2.38 bits per heavy atom. The van der Waals surface area contributed by atoms with E-state index in [0.29, 0.717) is 18.5 Å². The standard InChI is InChI=1S/C10H15BrN4O/c1-12-10-13-6-8(11)9(14-10)15(4-5-16)7-2-3-7/h6-7,16H,2-5H2,1H3,(H,12,13,14). The van der Waals surface area contributed by atoms with Crippen molar-refractivity contribution < 1.29 is 5.11 Å². The van der Waals surface area contributed by atoms with Crippen LogP contribution in [-0.4, -0.2) is 41.3 Å². The smallest absolute Gasteiger partial charge is 0.224 e. The fraction of sp³-hybridized carbons (Fsp3) is 0.600. The molecule has 0 atom stereocenters. The molecule has 5 nitrogen and oxygen atoms in total. The van der Waals surface area contributed by atoms with Gasteiger partial charge in [-0.3, -0.25) is 0 Å². The summed E-state index contributed by atoms with van der Waals surface area (Å²) in [5.41, 5.74) is 0. The van der Waals surface area contributed by atoms with E-state index in [1.807, 2.05) is 0 Å². The van der Waals surface area contributed by atoms with Crippen molar-refractivity contribution in [3.05, 3.63) is 10.7 Å². The second kappa shape index (κ2) is 4.97. The molecule has 2 N–H and O–H groups in total. The number of halogens is 1. The van der Waals surface area contributed by atoms with Crippen LogP contribution >= 0.6 is 15.9 Å². The molecule has 1 aromatic rings. The number of hydrogen-bond acceptors (Lipinski definition) is 5. The third-order valence-corrected chi connectivity index (χ3v) is 3.11. The average molecular weight is 287 g/mol. The van der Waals surface area contributed by atoms with Gasteiger partial charge in [-0.05, 0) is 28.8 Å². The summed E-state index contributed by atoms with van der Waals surface area (Å²) < 4.78 is 0.867. The first-order chi connectivity index (χ1) is 7.76.